The second kappa shape index (κ2) is 10.0. The summed E-state index contributed by atoms with van der Waals surface area (Å²) in [7, 11) is 3.05. The lowest BCUT2D eigenvalue weighted by Crippen LogP contribution is -2.47. The van der Waals surface area contributed by atoms with Crippen LogP contribution in [0, 0.1) is 5.41 Å². The number of carbonyl (C=O) groups excluding carboxylic acids is 4. The Kier molecular flexibility index (Phi) is 7.43. The molecule has 2 fully saturated rings. The summed E-state index contributed by atoms with van der Waals surface area (Å²) in [6.07, 6.45) is 5.07. The number of benzene rings is 1. The van der Waals surface area contributed by atoms with Gasteiger partial charge in [-0.05, 0) is 43.7 Å². The maximum absolute atomic E-state index is 13.5. The van der Waals surface area contributed by atoms with E-state index in [1.807, 2.05) is 6.07 Å². The van der Waals surface area contributed by atoms with Crippen LogP contribution in [0.25, 0.3) is 0 Å². The number of nitrogens with one attached hydrogen (secondary N) is 2. The first kappa shape index (κ1) is 22.9. The van der Waals surface area contributed by atoms with Crippen LogP contribution >= 0.6 is 0 Å². The molecule has 0 aliphatic carbocycles. The van der Waals surface area contributed by atoms with Crippen LogP contribution in [0.4, 0.5) is 5.69 Å². The summed E-state index contributed by atoms with van der Waals surface area (Å²) in [6.45, 7) is 3.72. The molecule has 3 rings (SSSR count). The van der Waals surface area contributed by atoms with Crippen molar-refractivity contribution in [3.8, 4) is 0 Å². The summed E-state index contributed by atoms with van der Waals surface area (Å²) in [5, 5.41) is 6.02. The molecule has 31 heavy (non-hydrogen) atoms. The number of amides is 2. The molecule has 1 spiro atoms. The predicted molar refractivity (Wildman–Crippen MR) is 118 cm³/mol. The first-order valence-electron chi connectivity index (χ1n) is 10.9. The maximum Gasteiger partial charge on any atom is 0.257 e. The first-order valence-corrected chi connectivity index (χ1v) is 10.9. The van der Waals surface area contributed by atoms with E-state index in [1.54, 1.807) is 19.2 Å². The average Bonchev–Trinajstić information content (AvgIpc) is 3.26. The van der Waals surface area contributed by atoms with Crippen molar-refractivity contribution >= 4 is 30.1 Å². The van der Waals surface area contributed by atoms with Crippen LogP contribution in [-0.2, 0) is 9.59 Å². The topological polar surface area (TPSA) is 98.8 Å². The fourth-order valence-electron chi connectivity index (χ4n) is 4.81. The minimum atomic E-state index is -0.788. The van der Waals surface area contributed by atoms with Gasteiger partial charge >= 0.3 is 0 Å². The minimum Gasteiger partial charge on any atom is -0.371 e. The second-order valence-corrected chi connectivity index (χ2v) is 8.56. The molecule has 8 heteroatoms. The fraction of sp³-hybridized carbons (Fsp3) is 0.565. The van der Waals surface area contributed by atoms with E-state index in [4.69, 9.17) is 0 Å². The van der Waals surface area contributed by atoms with Crippen LogP contribution in [0.1, 0.15) is 52.8 Å². The quantitative estimate of drug-likeness (QED) is 0.605. The summed E-state index contributed by atoms with van der Waals surface area (Å²) in [5.41, 5.74) is 1.69. The van der Waals surface area contributed by atoms with Gasteiger partial charge in [0.2, 0.25) is 5.91 Å². The molecule has 0 saturated carbocycles. The third-order valence-electron chi connectivity index (χ3n) is 6.81. The number of carbonyl (C=O) groups is 4. The molecule has 2 saturated heterocycles. The van der Waals surface area contributed by atoms with Crippen LogP contribution in [0.2, 0.25) is 0 Å². The summed E-state index contributed by atoms with van der Waals surface area (Å²) < 4.78 is 0. The Labute approximate surface area is 183 Å². The monoisotopic (exact) mass is 428 g/mol. The highest BCUT2D eigenvalue weighted by atomic mass is 16.2. The molecule has 1 aromatic rings. The van der Waals surface area contributed by atoms with Gasteiger partial charge in [0, 0.05) is 45.7 Å². The average molecular weight is 429 g/mol. The largest absolute Gasteiger partial charge is 0.371 e. The smallest absolute Gasteiger partial charge is 0.257 e. The van der Waals surface area contributed by atoms with Gasteiger partial charge in [-0.25, -0.2) is 0 Å². The highest BCUT2D eigenvalue weighted by Crippen LogP contribution is 2.39. The van der Waals surface area contributed by atoms with Crippen molar-refractivity contribution in [1.29, 1.82) is 0 Å². The van der Waals surface area contributed by atoms with Crippen molar-refractivity contribution < 1.29 is 19.2 Å². The first-order chi connectivity index (χ1) is 15.0. The molecule has 168 valence electrons. The lowest BCUT2D eigenvalue weighted by molar-refractivity contribution is -0.125. The molecule has 0 bridgehead atoms. The lowest BCUT2D eigenvalue weighted by Gasteiger charge is -2.41. The number of anilines is 1. The maximum atomic E-state index is 13.5. The normalized spacial score (nSPS) is 18.5. The number of piperidine rings is 1. The molecule has 0 aromatic heterocycles. The van der Waals surface area contributed by atoms with E-state index in [2.05, 4.69) is 15.5 Å². The number of nitrogens with zero attached hydrogens (tertiary/aromatic N) is 2. The highest BCUT2D eigenvalue weighted by molar-refractivity contribution is 6.07. The number of rotatable bonds is 8. The van der Waals surface area contributed by atoms with Crippen molar-refractivity contribution in [2.24, 2.45) is 5.41 Å². The van der Waals surface area contributed by atoms with Crippen LogP contribution < -0.4 is 15.5 Å². The van der Waals surface area contributed by atoms with Gasteiger partial charge in [-0.2, -0.15) is 0 Å². The molecule has 8 nitrogen and oxygen atoms in total. The summed E-state index contributed by atoms with van der Waals surface area (Å²) in [5.74, 6) is -0.725. The highest BCUT2D eigenvalue weighted by Gasteiger charge is 2.38. The molecule has 1 unspecified atom stereocenters. The van der Waals surface area contributed by atoms with E-state index < -0.39 is 6.04 Å². The van der Waals surface area contributed by atoms with Crippen molar-refractivity contribution in [2.45, 2.75) is 38.1 Å². The molecule has 2 aliphatic rings. The van der Waals surface area contributed by atoms with Crippen LogP contribution in [0.15, 0.2) is 18.2 Å². The molecule has 2 N–H and O–H groups in total. The number of aldehydes is 2. The summed E-state index contributed by atoms with van der Waals surface area (Å²) in [4.78, 5) is 52.1. The van der Waals surface area contributed by atoms with E-state index in [9.17, 15) is 19.2 Å². The standard InChI is InChI=1S/C23H32N4O4/c1-24-21(30)19(7-4-14-28)26(2)22(31)20-17(15-29)5-3-6-18(20)27-12-9-23(10-13-27)8-11-25-16-23/h3,5-6,14-15,19,25H,4,7-13,16H2,1-2H3,(H,24,30). The molecule has 2 heterocycles. The van der Waals surface area contributed by atoms with E-state index >= 15 is 0 Å². The van der Waals surface area contributed by atoms with E-state index in [0.717, 1.165) is 51.0 Å². The molecular formula is C23H32N4O4. The van der Waals surface area contributed by atoms with Gasteiger partial charge in [0.15, 0.2) is 6.29 Å². The van der Waals surface area contributed by atoms with Crippen LogP contribution in [0.5, 0.6) is 0 Å². The Hall–Kier alpha value is -2.74. The molecule has 1 atom stereocenters. The van der Waals surface area contributed by atoms with E-state index in [1.165, 1.54) is 18.4 Å². The van der Waals surface area contributed by atoms with Gasteiger partial charge in [0.1, 0.15) is 12.3 Å². The number of hydrogen-bond donors (Lipinski definition) is 2. The third-order valence-corrected chi connectivity index (χ3v) is 6.81. The predicted octanol–water partition coefficient (Wildman–Crippen LogP) is 1.24. The van der Waals surface area contributed by atoms with Crippen molar-refractivity contribution in [3.05, 3.63) is 29.3 Å². The Morgan fingerprint density at radius 3 is 2.58 bits per heavy atom. The van der Waals surface area contributed by atoms with Crippen molar-refractivity contribution in [1.82, 2.24) is 15.5 Å². The second-order valence-electron chi connectivity index (χ2n) is 8.56. The Balaban J connectivity index is 1.89. The molecule has 2 amide bonds. The third kappa shape index (κ3) is 4.79. The van der Waals surface area contributed by atoms with Gasteiger partial charge in [-0.15, -0.1) is 0 Å². The lowest BCUT2D eigenvalue weighted by atomic mass is 9.77. The van der Waals surface area contributed by atoms with Gasteiger partial charge in [-0.1, -0.05) is 12.1 Å². The summed E-state index contributed by atoms with van der Waals surface area (Å²) >= 11 is 0. The molecule has 2 aliphatic heterocycles. The minimum absolute atomic E-state index is 0.167. The van der Waals surface area contributed by atoms with Gasteiger partial charge in [-0.3, -0.25) is 14.4 Å². The van der Waals surface area contributed by atoms with Gasteiger partial charge in [0.05, 0.1) is 11.3 Å². The van der Waals surface area contributed by atoms with Gasteiger partial charge < -0.3 is 25.2 Å². The SMILES string of the molecule is CNC(=O)C(CCC=O)N(C)C(=O)c1c(C=O)cccc1N1CCC2(CCNC2)CC1. The Bertz CT molecular complexity index is 825. The van der Waals surface area contributed by atoms with Crippen molar-refractivity contribution in [3.63, 3.8) is 0 Å². The van der Waals surface area contributed by atoms with E-state index in [-0.39, 0.29) is 24.7 Å². The molecular weight excluding hydrogens is 396 g/mol. The van der Waals surface area contributed by atoms with Crippen LogP contribution in [0.3, 0.4) is 0 Å². The Morgan fingerprint density at radius 1 is 1.26 bits per heavy atom. The zero-order valence-electron chi connectivity index (χ0n) is 18.4. The van der Waals surface area contributed by atoms with Crippen molar-refractivity contribution in [2.75, 3.05) is 45.2 Å². The van der Waals surface area contributed by atoms with E-state index in [0.29, 0.717) is 22.8 Å². The zero-order valence-corrected chi connectivity index (χ0v) is 18.4. The molecule has 1 aromatic carbocycles. The fourth-order valence-corrected chi connectivity index (χ4v) is 4.81. The van der Waals surface area contributed by atoms with Gasteiger partial charge in [0.25, 0.3) is 5.91 Å². The molecule has 0 radical (unpaired) electrons. The zero-order chi connectivity index (χ0) is 22.4. The van der Waals surface area contributed by atoms with Crippen LogP contribution in [-0.4, -0.2) is 75.6 Å². The number of likely N-dealkylation sites (N-methyl/N-ethyl adjacent to an activating group) is 2. The summed E-state index contributed by atoms with van der Waals surface area (Å²) in [6, 6.07) is 4.51. The Morgan fingerprint density at radius 2 is 2.00 bits per heavy atom. The number of hydrogen-bond acceptors (Lipinski definition) is 6.